The maximum Gasteiger partial charge on any atom is 0.224 e. The molecule has 2 rings (SSSR count). The first-order valence-corrected chi connectivity index (χ1v) is 6.78. The van der Waals surface area contributed by atoms with Crippen molar-refractivity contribution in [2.75, 3.05) is 6.26 Å². The molecule has 0 atom stereocenters. The maximum absolute atomic E-state index is 13.2. The number of thioether (sulfide) groups is 1. The molecule has 0 N–H and O–H groups in total. The van der Waals surface area contributed by atoms with Gasteiger partial charge in [0.25, 0.3) is 0 Å². The molecule has 2 aromatic rings. The van der Waals surface area contributed by atoms with Gasteiger partial charge in [-0.05, 0) is 18.4 Å². The standard InChI is InChI=1S/C11H7Cl2FN2OS/c1-18-11-15-9(13)5-10(16-11)17-6-2-3-7(12)8(14)4-6/h2-5H,1H3. The van der Waals surface area contributed by atoms with E-state index in [2.05, 4.69) is 9.97 Å². The Balaban J connectivity index is 2.27. The summed E-state index contributed by atoms with van der Waals surface area (Å²) in [5.74, 6) is -0.0146. The van der Waals surface area contributed by atoms with Crippen molar-refractivity contribution in [3.05, 3.63) is 40.3 Å². The fourth-order valence-corrected chi connectivity index (χ4v) is 1.89. The van der Waals surface area contributed by atoms with Gasteiger partial charge in [0.05, 0.1) is 5.02 Å². The Morgan fingerprint density at radius 1 is 1.22 bits per heavy atom. The van der Waals surface area contributed by atoms with E-state index >= 15 is 0 Å². The van der Waals surface area contributed by atoms with E-state index in [1.165, 1.54) is 30.0 Å². The van der Waals surface area contributed by atoms with Crippen LogP contribution in [0.25, 0.3) is 0 Å². The maximum atomic E-state index is 13.2. The summed E-state index contributed by atoms with van der Waals surface area (Å²) in [6.07, 6.45) is 1.82. The molecular formula is C11H7Cl2FN2OS. The fraction of sp³-hybridized carbons (Fsp3) is 0.0909. The second kappa shape index (κ2) is 5.73. The van der Waals surface area contributed by atoms with Crippen LogP contribution in [-0.2, 0) is 0 Å². The summed E-state index contributed by atoms with van der Waals surface area (Å²) >= 11 is 12.7. The van der Waals surface area contributed by atoms with Crippen LogP contribution in [0, 0.1) is 5.82 Å². The third kappa shape index (κ3) is 3.25. The van der Waals surface area contributed by atoms with E-state index in [1.807, 2.05) is 6.26 Å². The Bertz CT molecular complexity index is 583. The molecule has 0 saturated carbocycles. The predicted octanol–water partition coefficient (Wildman–Crippen LogP) is 4.44. The predicted molar refractivity (Wildman–Crippen MR) is 70.3 cm³/mol. The van der Waals surface area contributed by atoms with E-state index in [4.69, 9.17) is 27.9 Å². The number of aromatic nitrogens is 2. The molecule has 94 valence electrons. The molecule has 0 aliphatic rings. The zero-order valence-corrected chi connectivity index (χ0v) is 11.5. The molecule has 1 heterocycles. The summed E-state index contributed by atoms with van der Waals surface area (Å²) < 4.78 is 18.6. The molecule has 0 unspecified atom stereocenters. The average molecular weight is 305 g/mol. The molecule has 7 heteroatoms. The SMILES string of the molecule is CSc1nc(Cl)cc(Oc2ccc(Cl)c(F)c2)n1. The highest BCUT2D eigenvalue weighted by Gasteiger charge is 2.07. The largest absolute Gasteiger partial charge is 0.439 e. The molecule has 1 aromatic heterocycles. The van der Waals surface area contributed by atoms with Gasteiger partial charge in [0.2, 0.25) is 5.88 Å². The summed E-state index contributed by atoms with van der Waals surface area (Å²) in [5.41, 5.74) is 0. The van der Waals surface area contributed by atoms with Crippen molar-refractivity contribution in [3.8, 4) is 11.6 Å². The van der Waals surface area contributed by atoms with Crippen molar-refractivity contribution in [1.29, 1.82) is 0 Å². The topological polar surface area (TPSA) is 35.0 Å². The first-order chi connectivity index (χ1) is 8.58. The fourth-order valence-electron chi connectivity index (χ4n) is 1.18. The molecule has 0 saturated heterocycles. The molecule has 0 fully saturated rings. The average Bonchev–Trinajstić information content (AvgIpc) is 2.33. The van der Waals surface area contributed by atoms with Gasteiger partial charge in [-0.1, -0.05) is 35.0 Å². The van der Waals surface area contributed by atoms with Gasteiger partial charge < -0.3 is 4.74 Å². The Hall–Kier alpha value is -1.04. The van der Waals surface area contributed by atoms with E-state index in [9.17, 15) is 4.39 Å². The quantitative estimate of drug-likeness (QED) is 0.477. The van der Waals surface area contributed by atoms with Gasteiger partial charge in [0, 0.05) is 12.1 Å². The summed E-state index contributed by atoms with van der Waals surface area (Å²) in [4.78, 5) is 8.06. The third-order valence-corrected chi connectivity index (χ3v) is 2.99. The smallest absolute Gasteiger partial charge is 0.224 e. The van der Waals surface area contributed by atoms with Gasteiger partial charge in [-0.3, -0.25) is 0 Å². The monoisotopic (exact) mass is 304 g/mol. The Morgan fingerprint density at radius 3 is 2.67 bits per heavy atom. The number of nitrogens with zero attached hydrogens (tertiary/aromatic N) is 2. The van der Waals surface area contributed by atoms with Crippen LogP contribution in [0.15, 0.2) is 29.4 Å². The lowest BCUT2D eigenvalue weighted by Gasteiger charge is -2.06. The molecular weight excluding hydrogens is 298 g/mol. The molecule has 0 amide bonds. The van der Waals surface area contributed by atoms with Gasteiger partial charge in [-0.15, -0.1) is 0 Å². The number of rotatable bonds is 3. The summed E-state index contributed by atoms with van der Waals surface area (Å²) in [5, 5.41) is 0.776. The van der Waals surface area contributed by atoms with Crippen molar-refractivity contribution >= 4 is 35.0 Å². The van der Waals surface area contributed by atoms with E-state index in [1.54, 1.807) is 6.07 Å². The summed E-state index contributed by atoms with van der Waals surface area (Å²) in [7, 11) is 0. The highest BCUT2D eigenvalue weighted by Crippen LogP contribution is 2.26. The zero-order chi connectivity index (χ0) is 13.1. The second-order valence-electron chi connectivity index (χ2n) is 3.19. The van der Waals surface area contributed by atoms with Crippen LogP contribution in [0.2, 0.25) is 10.2 Å². The normalized spacial score (nSPS) is 10.4. The first-order valence-electron chi connectivity index (χ1n) is 4.80. The molecule has 1 aromatic carbocycles. The van der Waals surface area contributed by atoms with Gasteiger partial charge in [-0.25, -0.2) is 9.37 Å². The van der Waals surface area contributed by atoms with Crippen molar-refractivity contribution in [3.63, 3.8) is 0 Å². The van der Waals surface area contributed by atoms with Crippen molar-refractivity contribution in [2.45, 2.75) is 5.16 Å². The number of ether oxygens (including phenoxy) is 1. The minimum atomic E-state index is -0.556. The van der Waals surface area contributed by atoms with E-state index in [0.717, 1.165) is 0 Å². The highest BCUT2D eigenvalue weighted by molar-refractivity contribution is 7.98. The van der Waals surface area contributed by atoms with Crippen molar-refractivity contribution < 1.29 is 9.13 Å². The van der Waals surface area contributed by atoms with E-state index in [0.29, 0.717) is 10.9 Å². The number of halogens is 3. The van der Waals surface area contributed by atoms with Crippen LogP contribution in [0.4, 0.5) is 4.39 Å². The van der Waals surface area contributed by atoms with Crippen LogP contribution >= 0.6 is 35.0 Å². The molecule has 0 bridgehead atoms. The van der Waals surface area contributed by atoms with Crippen LogP contribution in [0.5, 0.6) is 11.6 Å². The molecule has 0 radical (unpaired) electrons. The van der Waals surface area contributed by atoms with Crippen LogP contribution in [0.3, 0.4) is 0 Å². The van der Waals surface area contributed by atoms with Gasteiger partial charge >= 0.3 is 0 Å². The molecule has 0 spiro atoms. The van der Waals surface area contributed by atoms with Crippen LogP contribution in [0.1, 0.15) is 0 Å². The van der Waals surface area contributed by atoms with E-state index in [-0.39, 0.29) is 16.1 Å². The summed E-state index contributed by atoms with van der Waals surface area (Å²) in [6.45, 7) is 0. The van der Waals surface area contributed by atoms with Gasteiger partial charge in [0.15, 0.2) is 5.16 Å². The van der Waals surface area contributed by atoms with Crippen molar-refractivity contribution in [2.24, 2.45) is 0 Å². The number of benzene rings is 1. The van der Waals surface area contributed by atoms with Crippen LogP contribution in [-0.4, -0.2) is 16.2 Å². The Kier molecular flexibility index (Phi) is 4.27. The Morgan fingerprint density at radius 2 is 2.00 bits per heavy atom. The first kappa shape index (κ1) is 13.4. The number of hydrogen-bond donors (Lipinski definition) is 0. The lowest BCUT2D eigenvalue weighted by Crippen LogP contribution is -1.93. The summed E-state index contributed by atoms with van der Waals surface area (Å²) in [6, 6.07) is 5.58. The second-order valence-corrected chi connectivity index (χ2v) is 4.76. The third-order valence-electron chi connectivity index (χ3n) is 1.95. The molecule has 0 aliphatic heterocycles. The van der Waals surface area contributed by atoms with Gasteiger partial charge in [0.1, 0.15) is 16.7 Å². The van der Waals surface area contributed by atoms with E-state index < -0.39 is 5.82 Å². The molecule has 18 heavy (non-hydrogen) atoms. The molecule has 0 aliphatic carbocycles. The number of hydrogen-bond acceptors (Lipinski definition) is 4. The Labute approximate surface area is 117 Å². The highest BCUT2D eigenvalue weighted by atomic mass is 35.5. The lowest BCUT2D eigenvalue weighted by molar-refractivity contribution is 0.451. The van der Waals surface area contributed by atoms with Gasteiger partial charge in [-0.2, -0.15) is 4.98 Å². The van der Waals surface area contributed by atoms with Crippen LogP contribution < -0.4 is 4.74 Å². The molecule has 3 nitrogen and oxygen atoms in total. The minimum Gasteiger partial charge on any atom is -0.439 e. The van der Waals surface area contributed by atoms with Crippen molar-refractivity contribution in [1.82, 2.24) is 9.97 Å². The minimum absolute atomic E-state index is 0.0351. The zero-order valence-electron chi connectivity index (χ0n) is 9.15. The lowest BCUT2D eigenvalue weighted by atomic mass is 10.3.